The highest BCUT2D eigenvalue weighted by molar-refractivity contribution is 6.30. The summed E-state index contributed by atoms with van der Waals surface area (Å²) in [7, 11) is 2.02. The van der Waals surface area contributed by atoms with Crippen LogP contribution in [0.1, 0.15) is 25.7 Å². The predicted octanol–water partition coefficient (Wildman–Crippen LogP) is 3.25. The number of nitrogens with one attached hydrogen (secondary N) is 1. The predicted molar refractivity (Wildman–Crippen MR) is 67.2 cm³/mol. The van der Waals surface area contributed by atoms with Gasteiger partial charge in [0.1, 0.15) is 11.9 Å². The monoisotopic (exact) mass is 239 g/mol. The molecule has 0 saturated heterocycles. The van der Waals surface area contributed by atoms with E-state index in [0.29, 0.717) is 12.1 Å². The largest absolute Gasteiger partial charge is 0.490 e. The third kappa shape index (κ3) is 3.13. The molecule has 1 saturated carbocycles. The van der Waals surface area contributed by atoms with E-state index in [-0.39, 0.29) is 0 Å². The topological polar surface area (TPSA) is 21.3 Å². The normalized spacial score (nSPS) is 25.4. The third-order valence-electron chi connectivity index (χ3n) is 3.15. The average Bonchev–Trinajstić information content (AvgIpc) is 2.32. The number of ether oxygens (including phenoxy) is 1. The Morgan fingerprint density at radius 1 is 1.25 bits per heavy atom. The first-order valence-corrected chi connectivity index (χ1v) is 6.25. The molecule has 0 aromatic heterocycles. The lowest BCUT2D eigenvalue weighted by Gasteiger charge is -2.29. The van der Waals surface area contributed by atoms with Crippen LogP contribution in [0.15, 0.2) is 24.3 Å². The molecule has 0 bridgehead atoms. The molecule has 88 valence electrons. The Bertz CT molecular complexity index is 325. The minimum Gasteiger partial charge on any atom is -0.490 e. The Labute approximate surface area is 102 Å². The Balaban J connectivity index is 1.91. The van der Waals surface area contributed by atoms with Crippen LogP contribution in [0.2, 0.25) is 5.02 Å². The lowest BCUT2D eigenvalue weighted by atomic mass is 9.93. The van der Waals surface area contributed by atoms with Gasteiger partial charge in [-0.25, -0.2) is 0 Å². The van der Waals surface area contributed by atoms with Gasteiger partial charge in [-0.2, -0.15) is 0 Å². The molecule has 2 atom stereocenters. The summed E-state index contributed by atoms with van der Waals surface area (Å²) in [5, 5.41) is 4.08. The van der Waals surface area contributed by atoms with Crippen molar-refractivity contribution in [3.63, 3.8) is 0 Å². The highest BCUT2D eigenvalue weighted by atomic mass is 35.5. The van der Waals surface area contributed by atoms with Crippen molar-refractivity contribution in [3.8, 4) is 5.75 Å². The quantitative estimate of drug-likeness (QED) is 0.875. The van der Waals surface area contributed by atoms with Crippen LogP contribution in [0.5, 0.6) is 5.75 Å². The van der Waals surface area contributed by atoms with Crippen molar-refractivity contribution >= 4 is 11.6 Å². The third-order valence-corrected chi connectivity index (χ3v) is 3.40. The molecule has 1 aromatic rings. The van der Waals surface area contributed by atoms with Crippen LogP contribution >= 0.6 is 11.6 Å². The molecular formula is C13H18ClNO. The van der Waals surface area contributed by atoms with Crippen LogP contribution < -0.4 is 10.1 Å². The average molecular weight is 240 g/mol. The maximum Gasteiger partial charge on any atom is 0.119 e. The van der Waals surface area contributed by atoms with Crippen LogP contribution in [-0.2, 0) is 0 Å². The van der Waals surface area contributed by atoms with E-state index in [9.17, 15) is 0 Å². The van der Waals surface area contributed by atoms with Crippen LogP contribution in [0.4, 0.5) is 0 Å². The van der Waals surface area contributed by atoms with Crippen molar-refractivity contribution in [2.24, 2.45) is 0 Å². The lowest BCUT2D eigenvalue weighted by Crippen LogP contribution is -2.36. The van der Waals surface area contributed by atoms with E-state index < -0.39 is 0 Å². The first-order valence-electron chi connectivity index (χ1n) is 5.87. The van der Waals surface area contributed by atoms with Crippen molar-refractivity contribution in [2.75, 3.05) is 7.05 Å². The first-order chi connectivity index (χ1) is 7.78. The van der Waals surface area contributed by atoms with Gasteiger partial charge in [0.05, 0.1) is 0 Å². The number of hydrogen-bond acceptors (Lipinski definition) is 2. The first kappa shape index (κ1) is 11.7. The standard InChI is InChI=1S/C13H18ClNO/c1-15-11-3-2-4-13(9-11)16-12-7-5-10(14)6-8-12/h5-8,11,13,15H,2-4,9H2,1H3. The number of benzene rings is 1. The number of halogens is 1. The highest BCUT2D eigenvalue weighted by Gasteiger charge is 2.21. The van der Waals surface area contributed by atoms with Gasteiger partial charge < -0.3 is 10.1 Å². The Hall–Kier alpha value is -0.730. The lowest BCUT2D eigenvalue weighted by molar-refractivity contribution is 0.137. The maximum atomic E-state index is 5.94. The molecule has 16 heavy (non-hydrogen) atoms. The molecule has 1 aromatic carbocycles. The SMILES string of the molecule is CNC1CCCC(Oc2ccc(Cl)cc2)C1. The molecule has 0 radical (unpaired) electrons. The van der Waals surface area contributed by atoms with Gasteiger partial charge in [-0.1, -0.05) is 11.6 Å². The smallest absolute Gasteiger partial charge is 0.119 e. The zero-order chi connectivity index (χ0) is 11.4. The molecule has 2 nitrogen and oxygen atoms in total. The summed E-state index contributed by atoms with van der Waals surface area (Å²) in [4.78, 5) is 0. The van der Waals surface area contributed by atoms with E-state index in [1.807, 2.05) is 31.3 Å². The van der Waals surface area contributed by atoms with Gasteiger partial charge in [-0.05, 0) is 57.0 Å². The molecule has 2 unspecified atom stereocenters. The maximum absolute atomic E-state index is 5.94. The van der Waals surface area contributed by atoms with Crippen LogP contribution in [-0.4, -0.2) is 19.2 Å². The molecular weight excluding hydrogens is 222 g/mol. The van der Waals surface area contributed by atoms with Gasteiger partial charge in [0.25, 0.3) is 0 Å². The van der Waals surface area contributed by atoms with Gasteiger partial charge in [0.15, 0.2) is 0 Å². The fraction of sp³-hybridized carbons (Fsp3) is 0.538. The van der Waals surface area contributed by atoms with E-state index in [4.69, 9.17) is 16.3 Å². The molecule has 2 rings (SSSR count). The highest BCUT2D eigenvalue weighted by Crippen LogP contribution is 2.24. The van der Waals surface area contributed by atoms with Crippen molar-refractivity contribution in [1.29, 1.82) is 0 Å². The van der Waals surface area contributed by atoms with Crippen LogP contribution in [0, 0.1) is 0 Å². The molecule has 3 heteroatoms. The van der Waals surface area contributed by atoms with Crippen LogP contribution in [0.25, 0.3) is 0 Å². The van der Waals surface area contributed by atoms with Crippen molar-refractivity contribution in [3.05, 3.63) is 29.3 Å². The second kappa shape index (κ2) is 5.55. The van der Waals surface area contributed by atoms with Gasteiger partial charge in [-0.15, -0.1) is 0 Å². The Morgan fingerprint density at radius 3 is 2.69 bits per heavy atom. The minimum absolute atomic E-state index is 0.340. The van der Waals surface area contributed by atoms with Crippen LogP contribution in [0.3, 0.4) is 0 Å². The van der Waals surface area contributed by atoms with Gasteiger partial charge >= 0.3 is 0 Å². The van der Waals surface area contributed by atoms with Gasteiger partial charge in [-0.3, -0.25) is 0 Å². The van der Waals surface area contributed by atoms with Crippen molar-refractivity contribution < 1.29 is 4.74 Å². The summed E-state index contributed by atoms with van der Waals surface area (Å²) < 4.78 is 5.94. The second-order valence-electron chi connectivity index (χ2n) is 4.35. The molecule has 1 fully saturated rings. The molecule has 0 amide bonds. The minimum atomic E-state index is 0.340. The van der Waals surface area contributed by atoms with E-state index in [0.717, 1.165) is 23.6 Å². The fourth-order valence-corrected chi connectivity index (χ4v) is 2.35. The van der Waals surface area contributed by atoms with E-state index in [1.54, 1.807) is 0 Å². The summed E-state index contributed by atoms with van der Waals surface area (Å²) >= 11 is 5.83. The van der Waals surface area contributed by atoms with E-state index in [1.165, 1.54) is 12.8 Å². The zero-order valence-corrected chi connectivity index (χ0v) is 10.3. The van der Waals surface area contributed by atoms with Gasteiger partial charge in [0.2, 0.25) is 0 Å². The summed E-state index contributed by atoms with van der Waals surface area (Å²) in [5.41, 5.74) is 0. The fourth-order valence-electron chi connectivity index (χ4n) is 2.22. The van der Waals surface area contributed by atoms with Crippen molar-refractivity contribution in [2.45, 2.75) is 37.8 Å². The summed E-state index contributed by atoms with van der Waals surface area (Å²) in [6.07, 6.45) is 5.09. The molecule has 1 N–H and O–H groups in total. The van der Waals surface area contributed by atoms with E-state index in [2.05, 4.69) is 5.32 Å². The van der Waals surface area contributed by atoms with Gasteiger partial charge in [0, 0.05) is 11.1 Å². The molecule has 1 aliphatic rings. The number of hydrogen-bond donors (Lipinski definition) is 1. The summed E-state index contributed by atoms with van der Waals surface area (Å²) in [5.74, 6) is 0.922. The second-order valence-corrected chi connectivity index (χ2v) is 4.78. The Kier molecular flexibility index (Phi) is 4.08. The molecule has 1 aliphatic carbocycles. The van der Waals surface area contributed by atoms with Crippen molar-refractivity contribution in [1.82, 2.24) is 5.32 Å². The summed E-state index contributed by atoms with van der Waals surface area (Å²) in [6.45, 7) is 0. The molecule has 0 heterocycles. The molecule has 0 spiro atoms. The molecule has 0 aliphatic heterocycles. The number of rotatable bonds is 3. The van der Waals surface area contributed by atoms with E-state index >= 15 is 0 Å². The zero-order valence-electron chi connectivity index (χ0n) is 9.58. The Morgan fingerprint density at radius 2 is 2.00 bits per heavy atom. The summed E-state index contributed by atoms with van der Waals surface area (Å²) in [6, 6.07) is 8.22.